The van der Waals surface area contributed by atoms with E-state index < -0.39 is 8.25 Å². The summed E-state index contributed by atoms with van der Waals surface area (Å²) in [4.78, 5) is 0. The summed E-state index contributed by atoms with van der Waals surface area (Å²) < 4.78 is 35.3. The van der Waals surface area contributed by atoms with Gasteiger partial charge in [0.15, 0.2) is 0 Å². The lowest BCUT2D eigenvalue weighted by molar-refractivity contribution is 0.176. The highest BCUT2D eigenvalue weighted by Crippen LogP contribution is 2.32. The Hall–Kier alpha value is -1.94. The van der Waals surface area contributed by atoms with E-state index in [1.165, 1.54) is 0 Å². The van der Waals surface area contributed by atoms with Crippen LogP contribution in [0.5, 0.6) is 11.5 Å². The van der Waals surface area contributed by atoms with Crippen molar-refractivity contribution in [3.05, 3.63) is 59.7 Å². The first-order valence-corrected chi connectivity index (χ1v) is 11.9. The minimum Gasteiger partial charge on any atom is -0.490 e. The number of para-hydroxylation sites is 2. The molecule has 0 aromatic heterocycles. The molecule has 0 aliphatic heterocycles. The summed E-state index contributed by atoms with van der Waals surface area (Å²) in [5.74, 6) is 1.53. The fraction of sp³-hybridized carbons (Fsp3) is 0.500. The van der Waals surface area contributed by atoms with Crippen LogP contribution in [0.2, 0.25) is 0 Å². The molecule has 0 atom stereocenters. The largest absolute Gasteiger partial charge is 0.698 e. The zero-order valence-corrected chi connectivity index (χ0v) is 19.4. The molecule has 0 unspecified atom stereocenters. The molecule has 0 amide bonds. The third-order valence-electron chi connectivity index (χ3n) is 5.00. The number of rotatable bonds is 14. The van der Waals surface area contributed by atoms with Gasteiger partial charge in [0.25, 0.3) is 0 Å². The predicted molar refractivity (Wildman–Crippen MR) is 120 cm³/mol. The second-order valence-electron chi connectivity index (χ2n) is 7.10. The van der Waals surface area contributed by atoms with Gasteiger partial charge in [0.2, 0.25) is 0 Å². The first-order valence-electron chi connectivity index (χ1n) is 10.8. The van der Waals surface area contributed by atoms with Crippen molar-refractivity contribution >= 4 is 8.25 Å². The molecule has 0 spiro atoms. The summed E-state index contributed by atoms with van der Waals surface area (Å²) in [6.45, 7) is 8.73. The van der Waals surface area contributed by atoms with Crippen LogP contribution in [0.15, 0.2) is 48.5 Å². The predicted octanol–water partition coefficient (Wildman–Crippen LogP) is 7.21. The van der Waals surface area contributed by atoms with Crippen molar-refractivity contribution in [3.8, 4) is 11.5 Å². The zero-order chi connectivity index (χ0) is 21.8. The Morgan fingerprint density at radius 2 is 1.03 bits per heavy atom. The smallest absolute Gasteiger partial charge is 0.490 e. The molecule has 0 heterocycles. The number of ether oxygens (including phenoxy) is 2. The summed E-state index contributed by atoms with van der Waals surface area (Å²) >= 11 is 0. The fourth-order valence-electron chi connectivity index (χ4n) is 3.03. The lowest BCUT2D eigenvalue weighted by Gasteiger charge is -2.17. The van der Waals surface area contributed by atoms with E-state index in [2.05, 4.69) is 27.7 Å². The highest BCUT2D eigenvalue weighted by Gasteiger charge is 2.23. The van der Waals surface area contributed by atoms with Gasteiger partial charge >= 0.3 is 8.25 Å². The van der Waals surface area contributed by atoms with E-state index >= 15 is 0 Å². The van der Waals surface area contributed by atoms with Gasteiger partial charge in [-0.15, -0.1) is 9.05 Å². The van der Waals surface area contributed by atoms with Crippen LogP contribution in [-0.2, 0) is 26.8 Å². The third-order valence-corrected chi connectivity index (χ3v) is 5.68. The summed E-state index contributed by atoms with van der Waals surface area (Å²) in [7, 11) is -2.27. The Morgan fingerprint density at radius 1 is 0.667 bits per heavy atom. The molecule has 2 aromatic rings. The van der Waals surface area contributed by atoms with E-state index in [9.17, 15) is 4.57 Å². The van der Waals surface area contributed by atoms with Gasteiger partial charge < -0.3 is 9.47 Å². The lowest BCUT2D eigenvalue weighted by Crippen LogP contribution is -2.14. The molecule has 0 radical (unpaired) electrons. The number of hydrogen-bond acceptors (Lipinski definition) is 5. The van der Waals surface area contributed by atoms with Crippen molar-refractivity contribution in [2.45, 2.75) is 78.8 Å². The minimum absolute atomic E-state index is 0.155. The van der Waals surface area contributed by atoms with Crippen LogP contribution in [0.3, 0.4) is 0 Å². The van der Waals surface area contributed by atoms with Crippen LogP contribution >= 0.6 is 8.25 Å². The monoisotopic (exact) mass is 433 g/mol. The number of benzene rings is 2. The van der Waals surface area contributed by atoms with Crippen molar-refractivity contribution in [2.75, 3.05) is 0 Å². The van der Waals surface area contributed by atoms with Crippen LogP contribution in [0, 0.1) is 0 Å². The lowest BCUT2D eigenvalue weighted by atomic mass is 10.2. The van der Waals surface area contributed by atoms with Crippen molar-refractivity contribution in [3.63, 3.8) is 0 Å². The second-order valence-corrected chi connectivity index (χ2v) is 8.06. The average Bonchev–Trinajstić information content (AvgIpc) is 2.79. The summed E-state index contributed by atoms with van der Waals surface area (Å²) in [5, 5.41) is 0. The van der Waals surface area contributed by atoms with E-state index in [0.29, 0.717) is 0 Å². The zero-order valence-electron chi connectivity index (χ0n) is 18.5. The van der Waals surface area contributed by atoms with Crippen LogP contribution in [0.4, 0.5) is 0 Å². The topological polar surface area (TPSA) is 54.0 Å². The van der Waals surface area contributed by atoms with E-state index in [0.717, 1.165) is 48.3 Å². The maximum atomic E-state index is 12.3. The van der Waals surface area contributed by atoms with Crippen molar-refractivity contribution < 1.29 is 23.1 Å². The van der Waals surface area contributed by atoms with E-state index in [1.54, 1.807) is 0 Å². The van der Waals surface area contributed by atoms with Gasteiger partial charge in [-0.25, -0.2) is 0 Å². The molecule has 0 fully saturated rings. The maximum Gasteiger partial charge on any atom is 0.698 e. The van der Waals surface area contributed by atoms with Gasteiger partial charge in [-0.1, -0.05) is 64.1 Å². The Bertz CT molecular complexity index is 708. The Morgan fingerprint density at radius 3 is 1.40 bits per heavy atom. The highest BCUT2D eigenvalue weighted by molar-refractivity contribution is 7.33. The molecule has 2 rings (SSSR count). The van der Waals surface area contributed by atoms with Crippen LogP contribution < -0.4 is 9.47 Å². The van der Waals surface area contributed by atoms with Gasteiger partial charge in [0.1, 0.15) is 24.7 Å². The molecular formula is C24H34O5P+. The standard InChI is InChI=1S/C24H34O5P/c1-5-21(6-2)28-23-15-11-9-13-19(23)17-26-30(25)27-18-20-14-10-12-16-24(20)29-22(7-3)8-4/h9-16,21-22H,5-8,17-18H2,1-4H3/q+1. The van der Waals surface area contributed by atoms with E-state index in [1.807, 2.05) is 48.5 Å². The third kappa shape index (κ3) is 7.71. The molecule has 0 N–H and O–H groups in total. The van der Waals surface area contributed by atoms with Crippen LogP contribution in [0.25, 0.3) is 0 Å². The highest BCUT2D eigenvalue weighted by atomic mass is 31.1. The first-order chi connectivity index (χ1) is 14.6. The fourth-order valence-corrected chi connectivity index (χ4v) is 3.59. The molecule has 0 saturated heterocycles. The molecule has 0 saturated carbocycles. The van der Waals surface area contributed by atoms with Crippen LogP contribution in [0.1, 0.15) is 64.5 Å². The molecule has 6 heteroatoms. The minimum atomic E-state index is -2.27. The summed E-state index contributed by atoms with van der Waals surface area (Å²) in [6, 6.07) is 15.3. The maximum absolute atomic E-state index is 12.3. The van der Waals surface area contributed by atoms with Crippen LogP contribution in [-0.4, -0.2) is 12.2 Å². The molecule has 2 aromatic carbocycles. The van der Waals surface area contributed by atoms with Gasteiger partial charge in [-0.3, -0.25) is 0 Å². The van der Waals surface area contributed by atoms with E-state index in [4.69, 9.17) is 18.5 Å². The molecule has 164 valence electrons. The Kier molecular flexibility index (Phi) is 10.9. The second kappa shape index (κ2) is 13.4. The van der Waals surface area contributed by atoms with Gasteiger partial charge in [-0.2, -0.15) is 0 Å². The van der Waals surface area contributed by atoms with Crippen molar-refractivity contribution in [1.82, 2.24) is 0 Å². The Balaban J connectivity index is 1.91. The molecule has 5 nitrogen and oxygen atoms in total. The normalized spacial score (nSPS) is 11.1. The quantitative estimate of drug-likeness (QED) is 0.295. The molecule has 0 aliphatic carbocycles. The molecular weight excluding hydrogens is 399 g/mol. The Labute approximate surface area is 181 Å². The van der Waals surface area contributed by atoms with Gasteiger partial charge in [0.05, 0.1) is 12.2 Å². The van der Waals surface area contributed by atoms with E-state index in [-0.39, 0.29) is 25.4 Å². The van der Waals surface area contributed by atoms with Gasteiger partial charge in [-0.05, 0) is 37.8 Å². The SMILES string of the molecule is CCC(CC)Oc1ccccc1CO[P+](=O)OCc1ccccc1OC(CC)CC. The first kappa shape index (κ1) is 24.3. The molecule has 0 aliphatic rings. The van der Waals surface area contributed by atoms with Crippen molar-refractivity contribution in [2.24, 2.45) is 0 Å². The average molecular weight is 434 g/mol. The molecule has 0 bridgehead atoms. The number of hydrogen-bond donors (Lipinski definition) is 0. The van der Waals surface area contributed by atoms with Gasteiger partial charge in [0, 0.05) is 15.7 Å². The van der Waals surface area contributed by atoms with Crippen molar-refractivity contribution in [1.29, 1.82) is 0 Å². The summed E-state index contributed by atoms with van der Waals surface area (Å²) in [6.07, 6.45) is 4.04. The summed E-state index contributed by atoms with van der Waals surface area (Å²) in [5.41, 5.74) is 1.71. The molecule has 30 heavy (non-hydrogen) atoms.